The lowest BCUT2D eigenvalue weighted by Crippen LogP contribution is -2.09. The number of esters is 3. The smallest absolute Gasteiger partial charge is 0.343 e. The molecule has 0 unspecified atom stereocenters. The van der Waals surface area contributed by atoms with E-state index in [-0.39, 0.29) is 6.61 Å². The van der Waals surface area contributed by atoms with E-state index >= 15 is 0 Å². The molecule has 0 saturated carbocycles. The molecule has 0 saturated heterocycles. The van der Waals surface area contributed by atoms with Crippen LogP contribution in [-0.2, 0) is 14.3 Å². The quantitative estimate of drug-likeness (QED) is 0.168. The predicted molar refractivity (Wildman–Crippen MR) is 130 cm³/mol. The molecule has 7 heteroatoms. The first-order valence-electron chi connectivity index (χ1n) is 10.8. The molecule has 3 aromatic carbocycles. The van der Waals surface area contributed by atoms with E-state index in [1.54, 1.807) is 42.5 Å². The summed E-state index contributed by atoms with van der Waals surface area (Å²) in [5.74, 6) is -0.317. The van der Waals surface area contributed by atoms with Crippen molar-refractivity contribution in [1.82, 2.24) is 0 Å². The van der Waals surface area contributed by atoms with Crippen molar-refractivity contribution in [3.8, 4) is 17.2 Å². The van der Waals surface area contributed by atoms with Crippen molar-refractivity contribution in [2.24, 2.45) is 0 Å². The van der Waals surface area contributed by atoms with E-state index in [2.05, 4.69) is 6.58 Å². The van der Waals surface area contributed by atoms with Crippen molar-refractivity contribution in [3.63, 3.8) is 0 Å². The normalized spacial score (nSPS) is 10.4. The molecule has 0 aromatic heterocycles. The largest absolute Gasteiger partial charge is 0.493 e. The van der Waals surface area contributed by atoms with Crippen LogP contribution < -0.4 is 14.2 Å². The summed E-state index contributed by atoms with van der Waals surface area (Å²) >= 11 is 0. The van der Waals surface area contributed by atoms with Crippen LogP contribution >= 0.6 is 0 Å². The maximum atomic E-state index is 12.4. The Morgan fingerprint density at radius 1 is 0.714 bits per heavy atom. The summed E-state index contributed by atoms with van der Waals surface area (Å²) in [6.45, 7) is 3.91. The van der Waals surface area contributed by atoms with Gasteiger partial charge in [-0.3, -0.25) is 0 Å². The minimum atomic E-state index is -0.538. The van der Waals surface area contributed by atoms with Gasteiger partial charge in [0.05, 0.1) is 18.8 Å². The van der Waals surface area contributed by atoms with E-state index in [1.165, 1.54) is 18.2 Å². The highest BCUT2D eigenvalue weighted by molar-refractivity contribution is 5.91. The van der Waals surface area contributed by atoms with E-state index in [9.17, 15) is 14.4 Å². The lowest BCUT2D eigenvalue weighted by molar-refractivity contribution is -0.138. The molecule has 0 fully saturated rings. The zero-order valence-corrected chi connectivity index (χ0v) is 18.9. The molecule has 0 atom stereocenters. The van der Waals surface area contributed by atoms with E-state index in [4.69, 9.17) is 18.9 Å². The SMILES string of the molecule is C=CC(=O)OCCCOc1ccc(C(=O)Oc2ccc(OC(=O)/C=C/c3ccccc3)cc2)cc1. The maximum Gasteiger partial charge on any atom is 0.343 e. The van der Waals surface area contributed by atoms with Crippen LogP contribution in [0.3, 0.4) is 0 Å². The second-order valence-electron chi connectivity index (χ2n) is 7.12. The third kappa shape index (κ3) is 8.66. The molecule has 178 valence electrons. The van der Waals surface area contributed by atoms with Crippen LogP contribution in [-0.4, -0.2) is 31.1 Å². The fourth-order valence-corrected chi connectivity index (χ4v) is 2.79. The summed E-state index contributed by atoms with van der Waals surface area (Å²) in [7, 11) is 0. The molecule has 7 nitrogen and oxygen atoms in total. The van der Waals surface area contributed by atoms with Gasteiger partial charge in [-0.25, -0.2) is 14.4 Å². The number of hydrogen-bond donors (Lipinski definition) is 0. The van der Waals surface area contributed by atoms with Gasteiger partial charge in [-0.1, -0.05) is 36.9 Å². The molecule has 0 amide bonds. The Morgan fingerprint density at radius 3 is 2.00 bits per heavy atom. The zero-order chi connectivity index (χ0) is 24.9. The van der Waals surface area contributed by atoms with Gasteiger partial charge in [-0.2, -0.15) is 0 Å². The third-order valence-corrected chi connectivity index (χ3v) is 4.52. The van der Waals surface area contributed by atoms with E-state index < -0.39 is 17.9 Å². The van der Waals surface area contributed by atoms with Crippen molar-refractivity contribution in [2.75, 3.05) is 13.2 Å². The topological polar surface area (TPSA) is 88.1 Å². The molecule has 0 aliphatic carbocycles. The highest BCUT2D eigenvalue weighted by Gasteiger charge is 2.10. The molecule has 0 aliphatic rings. The summed E-state index contributed by atoms with van der Waals surface area (Å²) in [6.07, 6.45) is 4.63. The average Bonchev–Trinajstić information content (AvgIpc) is 2.89. The van der Waals surface area contributed by atoms with Crippen molar-refractivity contribution in [2.45, 2.75) is 6.42 Å². The Hall–Kier alpha value is -4.65. The fourth-order valence-electron chi connectivity index (χ4n) is 2.79. The lowest BCUT2D eigenvalue weighted by Gasteiger charge is -2.08. The van der Waals surface area contributed by atoms with Crippen molar-refractivity contribution in [3.05, 3.63) is 109 Å². The Bertz CT molecular complexity index is 1160. The average molecular weight is 472 g/mol. The number of ether oxygens (including phenoxy) is 4. The van der Waals surface area contributed by atoms with Gasteiger partial charge in [0.1, 0.15) is 17.2 Å². The van der Waals surface area contributed by atoms with Gasteiger partial charge in [0.15, 0.2) is 0 Å². The van der Waals surface area contributed by atoms with Crippen LogP contribution in [0.25, 0.3) is 6.08 Å². The first-order valence-corrected chi connectivity index (χ1v) is 10.8. The summed E-state index contributed by atoms with van der Waals surface area (Å²) in [6, 6.07) is 22.0. The molecule has 35 heavy (non-hydrogen) atoms. The highest BCUT2D eigenvalue weighted by Crippen LogP contribution is 2.20. The van der Waals surface area contributed by atoms with Gasteiger partial charge < -0.3 is 18.9 Å². The fraction of sp³-hybridized carbons (Fsp3) is 0.107. The Balaban J connectivity index is 1.44. The second-order valence-corrected chi connectivity index (χ2v) is 7.12. The van der Waals surface area contributed by atoms with Gasteiger partial charge in [0.2, 0.25) is 0 Å². The minimum Gasteiger partial charge on any atom is -0.493 e. The zero-order valence-electron chi connectivity index (χ0n) is 18.9. The van der Waals surface area contributed by atoms with Gasteiger partial charge >= 0.3 is 17.9 Å². The minimum absolute atomic E-state index is 0.234. The van der Waals surface area contributed by atoms with Crippen LogP contribution in [0, 0.1) is 0 Å². The van der Waals surface area contributed by atoms with Crippen LogP contribution in [0.2, 0.25) is 0 Å². The van der Waals surface area contributed by atoms with E-state index in [1.807, 2.05) is 30.3 Å². The third-order valence-electron chi connectivity index (χ3n) is 4.52. The highest BCUT2D eigenvalue weighted by atomic mass is 16.5. The lowest BCUT2D eigenvalue weighted by atomic mass is 10.2. The van der Waals surface area contributed by atoms with Gasteiger partial charge in [-0.05, 0) is 60.2 Å². The summed E-state index contributed by atoms with van der Waals surface area (Å²) in [4.78, 5) is 35.3. The van der Waals surface area contributed by atoms with E-state index in [0.717, 1.165) is 11.6 Å². The Labute approximate surface area is 203 Å². The van der Waals surface area contributed by atoms with Crippen molar-refractivity contribution in [1.29, 1.82) is 0 Å². The number of rotatable bonds is 11. The maximum absolute atomic E-state index is 12.4. The predicted octanol–water partition coefficient (Wildman–Crippen LogP) is 5.02. The van der Waals surface area contributed by atoms with Gasteiger partial charge in [-0.15, -0.1) is 0 Å². The number of carbonyl (C=O) groups excluding carboxylic acids is 3. The summed E-state index contributed by atoms with van der Waals surface area (Å²) in [5, 5.41) is 0. The molecule has 3 aromatic rings. The number of benzene rings is 3. The monoisotopic (exact) mass is 472 g/mol. The summed E-state index contributed by atoms with van der Waals surface area (Å²) < 4.78 is 21.0. The molecule has 0 spiro atoms. The molecule has 3 rings (SSSR count). The first-order chi connectivity index (χ1) is 17.0. The number of hydrogen-bond acceptors (Lipinski definition) is 7. The molecular weight excluding hydrogens is 448 g/mol. The van der Waals surface area contributed by atoms with Crippen molar-refractivity contribution < 1.29 is 33.3 Å². The van der Waals surface area contributed by atoms with Crippen LogP contribution in [0.4, 0.5) is 0 Å². The van der Waals surface area contributed by atoms with Crippen molar-refractivity contribution >= 4 is 24.0 Å². The van der Waals surface area contributed by atoms with Crippen LogP contribution in [0.5, 0.6) is 17.2 Å². The second kappa shape index (κ2) is 13.2. The standard InChI is InChI=1S/C28H24O7/c1-2-26(29)33-20-6-19-32-23-12-10-22(11-13-23)28(31)35-25-16-14-24(15-17-25)34-27(30)18-9-21-7-4-3-5-8-21/h2-5,7-18H,1,6,19-20H2/b18-9+. The molecule has 0 heterocycles. The van der Waals surface area contributed by atoms with E-state index in [0.29, 0.717) is 35.8 Å². The van der Waals surface area contributed by atoms with Gasteiger partial charge in [0.25, 0.3) is 0 Å². The molecule has 0 radical (unpaired) electrons. The molecule has 0 N–H and O–H groups in total. The summed E-state index contributed by atoms with van der Waals surface area (Å²) in [5.41, 5.74) is 1.23. The Morgan fingerprint density at radius 2 is 1.34 bits per heavy atom. The van der Waals surface area contributed by atoms with Crippen LogP contribution in [0.1, 0.15) is 22.3 Å². The van der Waals surface area contributed by atoms with Crippen LogP contribution in [0.15, 0.2) is 97.6 Å². The molecular formula is C28H24O7. The molecule has 0 bridgehead atoms. The molecule has 0 aliphatic heterocycles. The first kappa shape index (κ1) is 25.0. The Kier molecular flexibility index (Phi) is 9.39. The number of carbonyl (C=O) groups is 3. The van der Waals surface area contributed by atoms with Gasteiger partial charge in [0, 0.05) is 18.6 Å².